The molecule has 0 saturated heterocycles. The molecular weight excluding hydrogens is 1360 g/mol. The highest BCUT2D eigenvalue weighted by atomic mass is 32.1. The van der Waals surface area contributed by atoms with Gasteiger partial charge in [-0.05, 0) is 123 Å². The third-order valence-corrected chi connectivity index (χ3v) is 22.4. The molecule has 0 aliphatic heterocycles. The fraction of sp³-hybridized carbons (Fsp3) is 0.115. The SMILES string of the molecule is CC(=O)NCc1cc2c(-c3ccc4ccccc4c3)[nH]nc2s1.CC(NC(=O)c1cc2c(-c3ccc4ccccc4c3)[nH]nc2s1)C(N)=O.O=C(NCc1cc2c(-c3ccc4ccccc4c3)[nH]nc2s1)C1CC1.O=C(NCc1cc2c(-c3ccc4ccccc4c3)[nH]nc2s1)c1cccs1. The summed E-state index contributed by atoms with van der Waals surface area (Å²) in [7, 11) is 0. The van der Waals surface area contributed by atoms with Crippen LogP contribution in [0, 0.1) is 5.92 Å². The van der Waals surface area contributed by atoms with Crippen LogP contribution in [0.1, 0.15) is 60.7 Å². The number of nitrogens with one attached hydrogen (secondary N) is 8. The Morgan fingerprint density at radius 2 is 0.792 bits per heavy atom. The summed E-state index contributed by atoms with van der Waals surface area (Å²) in [6, 6.07) is 69.7. The molecule has 8 aromatic carbocycles. The zero-order valence-electron chi connectivity index (χ0n) is 54.3. The Morgan fingerprint density at radius 3 is 1.16 bits per heavy atom. The summed E-state index contributed by atoms with van der Waals surface area (Å²) < 4.78 is 0. The van der Waals surface area contributed by atoms with E-state index < -0.39 is 11.9 Å². The van der Waals surface area contributed by atoms with Crippen LogP contribution in [0.2, 0.25) is 0 Å². The number of nitrogens with two attached hydrogens (primary N) is 1. The van der Waals surface area contributed by atoms with E-state index in [4.69, 9.17) is 5.73 Å². The van der Waals surface area contributed by atoms with Crippen molar-refractivity contribution >= 4 is 170 Å². The molecule has 10 N–H and O–H groups in total. The van der Waals surface area contributed by atoms with E-state index in [-0.39, 0.29) is 29.5 Å². The molecule has 9 aromatic heterocycles. The normalized spacial score (nSPS) is 12.3. The lowest BCUT2D eigenvalue weighted by Gasteiger charge is -2.08. The minimum atomic E-state index is -0.724. The van der Waals surface area contributed by atoms with Gasteiger partial charge in [-0.25, -0.2) is 0 Å². The van der Waals surface area contributed by atoms with Gasteiger partial charge in [0.15, 0.2) is 0 Å². The van der Waals surface area contributed by atoms with E-state index in [1.165, 1.54) is 61.9 Å². The van der Waals surface area contributed by atoms with E-state index in [2.05, 4.69) is 208 Å². The summed E-state index contributed by atoms with van der Waals surface area (Å²) in [5.74, 6) is -0.527. The first kappa shape index (κ1) is 65.5. The van der Waals surface area contributed by atoms with Crippen molar-refractivity contribution in [3.63, 3.8) is 0 Å². The topological polar surface area (TPSA) is 274 Å². The van der Waals surface area contributed by atoms with Gasteiger partial charge in [0.05, 0.1) is 52.2 Å². The number of hydrogen-bond acceptors (Lipinski definition) is 14. The number of fused-ring (bicyclic) bond motifs is 8. The van der Waals surface area contributed by atoms with Gasteiger partial charge < -0.3 is 27.0 Å². The van der Waals surface area contributed by atoms with Crippen LogP contribution in [0.25, 0.3) is 129 Å². The third kappa shape index (κ3) is 14.5. The quantitative estimate of drug-likeness (QED) is 0.0471. The van der Waals surface area contributed by atoms with E-state index in [9.17, 15) is 24.0 Å². The number of amides is 5. The minimum Gasteiger partial charge on any atom is -0.368 e. The molecule has 5 amide bonds. The van der Waals surface area contributed by atoms with Crippen LogP contribution in [-0.2, 0) is 34.0 Å². The van der Waals surface area contributed by atoms with Gasteiger partial charge in [-0.3, -0.25) is 44.4 Å². The van der Waals surface area contributed by atoms with Gasteiger partial charge in [-0.1, -0.05) is 152 Å². The number of carbonyl (C=O) groups excluding carboxylic acids is 5. The van der Waals surface area contributed by atoms with Gasteiger partial charge >= 0.3 is 0 Å². The monoisotopic (exact) mass is 1420 g/mol. The number of H-pyrrole nitrogens is 4. The molecule has 1 aliphatic carbocycles. The summed E-state index contributed by atoms with van der Waals surface area (Å²) in [5, 5.41) is 57.3. The summed E-state index contributed by atoms with van der Waals surface area (Å²) in [5.41, 5.74) is 13.5. The minimum absolute atomic E-state index is 0.0210. The van der Waals surface area contributed by atoms with Crippen LogP contribution < -0.4 is 27.0 Å². The summed E-state index contributed by atoms with van der Waals surface area (Å²) in [4.78, 5) is 66.6. The second kappa shape index (κ2) is 28.8. The van der Waals surface area contributed by atoms with Gasteiger partial charge in [0.1, 0.15) is 25.4 Å². The van der Waals surface area contributed by atoms with Gasteiger partial charge in [-0.15, -0.1) is 56.7 Å². The van der Waals surface area contributed by atoms with E-state index in [1.54, 1.807) is 47.0 Å². The lowest BCUT2D eigenvalue weighted by molar-refractivity contribution is -0.122. The van der Waals surface area contributed by atoms with Gasteiger partial charge in [0, 0.05) is 71.3 Å². The number of rotatable bonds is 15. The third-order valence-electron chi connectivity index (χ3n) is 17.4. The fourth-order valence-electron chi connectivity index (χ4n) is 11.9. The highest BCUT2D eigenvalue weighted by Gasteiger charge is 2.29. The molecule has 1 aliphatic rings. The molecule has 0 radical (unpaired) electrons. The average molecular weight is 1420 g/mol. The van der Waals surface area contributed by atoms with Crippen LogP contribution in [0.15, 0.2) is 212 Å². The Kier molecular flexibility index (Phi) is 18.7. The maximum Gasteiger partial charge on any atom is 0.262 e. The molecule has 18 nitrogen and oxygen atoms in total. The zero-order chi connectivity index (χ0) is 69.1. The van der Waals surface area contributed by atoms with Gasteiger partial charge in [0.2, 0.25) is 17.7 Å². The molecular formula is C78H63N13O5S5. The van der Waals surface area contributed by atoms with Crippen molar-refractivity contribution in [2.45, 2.75) is 52.4 Å². The molecule has 1 fully saturated rings. The van der Waals surface area contributed by atoms with Crippen molar-refractivity contribution in [1.29, 1.82) is 0 Å². The molecule has 0 bridgehead atoms. The average Bonchev–Trinajstić information content (AvgIpc) is 1.66. The molecule has 101 heavy (non-hydrogen) atoms. The molecule has 1 atom stereocenters. The lowest BCUT2D eigenvalue weighted by atomic mass is 10.0. The standard InChI is InChI=1S/C21H15N3OS2.C20H17N3OS.C19H16N4O2S.C18H15N3OS/c25-20(18-6-3-9-26-18)22-12-16-11-17-19(23-24-21(17)27-16)15-8-7-13-4-1-2-5-14(13)10-15;24-19(13-6-7-13)21-11-16-10-17-18(22-23-20(17)25-16)15-8-5-12-3-1-2-4-14(12)9-15;1-10(17(20)24)21-18(25)15-9-14-16(22-23-19(14)26-15)13-7-6-11-4-2-3-5-12(11)8-13;1-11(22)19-10-15-9-16-17(20-21-18(16)23-15)14-7-6-12-4-2-3-5-13(12)8-14/h1-11H,12H2,(H,22,25)(H,23,24);1-5,8-10,13H,6-7,11H2,(H,21,24)(H,22,23);2-10H,1H3,(H2,20,24)(H,21,25)(H,22,23);2-9H,10H2,1H3,(H,19,22)(H,20,21). The fourth-order valence-corrected chi connectivity index (χ4v) is 16.2. The number of aromatic amines is 4. The Bertz CT molecular complexity index is 5950. The van der Waals surface area contributed by atoms with E-state index in [1.807, 2.05) is 60.0 Å². The Hall–Kier alpha value is -11.5. The molecule has 1 saturated carbocycles. The lowest BCUT2D eigenvalue weighted by Crippen LogP contribution is -2.41. The number of aromatic nitrogens is 8. The van der Waals surface area contributed by atoms with E-state index in [0.717, 1.165) is 129 Å². The number of thiophene rings is 5. The number of primary amides is 1. The molecule has 1 unspecified atom stereocenters. The molecule has 0 spiro atoms. The van der Waals surface area contributed by atoms with Crippen LogP contribution in [0.5, 0.6) is 0 Å². The van der Waals surface area contributed by atoms with Crippen molar-refractivity contribution < 1.29 is 24.0 Å². The van der Waals surface area contributed by atoms with E-state index >= 15 is 0 Å². The Labute approximate surface area is 597 Å². The van der Waals surface area contributed by atoms with Crippen LogP contribution >= 0.6 is 56.7 Å². The first-order chi connectivity index (χ1) is 49.3. The summed E-state index contributed by atoms with van der Waals surface area (Å²) >= 11 is 7.56. The number of nitrogens with zero attached hydrogens (tertiary/aromatic N) is 4. The maximum absolute atomic E-state index is 12.3. The van der Waals surface area contributed by atoms with Crippen LogP contribution in [0.4, 0.5) is 0 Å². The molecule has 18 rings (SSSR count). The van der Waals surface area contributed by atoms with E-state index in [0.29, 0.717) is 24.5 Å². The molecule has 500 valence electrons. The van der Waals surface area contributed by atoms with Crippen molar-refractivity contribution in [2.75, 3.05) is 0 Å². The number of benzene rings is 8. The summed E-state index contributed by atoms with van der Waals surface area (Å²) in [6.07, 6.45) is 2.07. The van der Waals surface area contributed by atoms with Crippen LogP contribution in [0.3, 0.4) is 0 Å². The predicted octanol–water partition coefficient (Wildman–Crippen LogP) is 17.0. The smallest absolute Gasteiger partial charge is 0.262 e. The molecule has 23 heteroatoms. The van der Waals surface area contributed by atoms with Crippen molar-refractivity contribution in [3.05, 3.63) is 236 Å². The zero-order valence-corrected chi connectivity index (χ0v) is 58.4. The summed E-state index contributed by atoms with van der Waals surface area (Å²) in [6.45, 7) is 4.73. The largest absolute Gasteiger partial charge is 0.368 e. The Balaban J connectivity index is 0.000000109. The first-order valence-corrected chi connectivity index (χ1v) is 36.7. The molecule has 9 heterocycles. The van der Waals surface area contributed by atoms with Crippen molar-refractivity contribution in [3.8, 4) is 45.0 Å². The van der Waals surface area contributed by atoms with Crippen LogP contribution in [-0.4, -0.2) is 76.4 Å². The second-order valence-electron chi connectivity index (χ2n) is 24.4. The Morgan fingerprint density at radius 1 is 0.426 bits per heavy atom. The maximum atomic E-state index is 12.3. The van der Waals surface area contributed by atoms with Gasteiger partial charge in [0.25, 0.3) is 11.8 Å². The van der Waals surface area contributed by atoms with Crippen molar-refractivity contribution in [1.82, 2.24) is 62.1 Å². The predicted molar refractivity (Wildman–Crippen MR) is 411 cm³/mol. The van der Waals surface area contributed by atoms with Gasteiger partial charge in [-0.2, -0.15) is 20.4 Å². The first-order valence-electron chi connectivity index (χ1n) is 32.6. The highest BCUT2D eigenvalue weighted by Crippen LogP contribution is 2.39. The number of hydrogen-bond donors (Lipinski definition) is 9. The van der Waals surface area contributed by atoms with Crippen molar-refractivity contribution in [2.24, 2.45) is 11.7 Å². The number of carbonyl (C=O) groups is 5. The molecule has 17 aromatic rings. The second-order valence-corrected chi connectivity index (χ2v) is 29.7. The highest BCUT2D eigenvalue weighted by molar-refractivity contribution is 7.20.